The maximum atomic E-state index is 4.41. The molecule has 0 aliphatic heterocycles. The predicted octanol–water partition coefficient (Wildman–Crippen LogP) is 2.52. The monoisotopic (exact) mass is 235 g/mol. The number of rotatable bonds is 5. The van der Waals surface area contributed by atoms with E-state index in [1.165, 1.54) is 31.5 Å². The fraction of sp³-hybridized carbons (Fsp3) is 0.786. The molecule has 1 aromatic rings. The molecule has 17 heavy (non-hydrogen) atoms. The van der Waals surface area contributed by atoms with E-state index in [4.69, 9.17) is 0 Å². The minimum atomic E-state index is 0.513. The van der Waals surface area contributed by atoms with Crippen LogP contribution in [0.4, 0.5) is 0 Å². The molecule has 1 fully saturated rings. The average Bonchev–Trinajstić information content (AvgIpc) is 2.85. The zero-order chi connectivity index (χ0) is 12.3. The van der Waals surface area contributed by atoms with Crippen molar-refractivity contribution in [2.45, 2.75) is 52.0 Å². The summed E-state index contributed by atoms with van der Waals surface area (Å²) < 4.78 is 2.14. The van der Waals surface area contributed by atoms with Crippen molar-refractivity contribution in [3.05, 3.63) is 18.2 Å². The Morgan fingerprint density at radius 1 is 1.59 bits per heavy atom. The van der Waals surface area contributed by atoms with E-state index in [2.05, 4.69) is 35.8 Å². The standard InChI is InChI=1S/C14H25N3/c1-4-15-12-5-7-14(2,11-12)8-6-13-16-9-10-17(13)3/h9-10,12,15H,4-8,11H2,1-3H3. The summed E-state index contributed by atoms with van der Waals surface area (Å²) in [7, 11) is 2.08. The summed E-state index contributed by atoms with van der Waals surface area (Å²) in [6, 6.07) is 0.742. The fourth-order valence-electron chi connectivity index (χ4n) is 3.06. The third-order valence-electron chi connectivity index (χ3n) is 4.20. The highest BCUT2D eigenvalue weighted by Crippen LogP contribution is 2.41. The molecule has 1 aliphatic carbocycles. The van der Waals surface area contributed by atoms with Crippen LogP contribution in [-0.4, -0.2) is 22.1 Å². The molecule has 0 amide bonds. The molecule has 0 spiro atoms. The molecule has 0 radical (unpaired) electrons. The maximum Gasteiger partial charge on any atom is 0.108 e. The van der Waals surface area contributed by atoms with Gasteiger partial charge < -0.3 is 9.88 Å². The van der Waals surface area contributed by atoms with Crippen LogP contribution >= 0.6 is 0 Å². The van der Waals surface area contributed by atoms with Crippen molar-refractivity contribution in [3.8, 4) is 0 Å². The first kappa shape index (κ1) is 12.6. The van der Waals surface area contributed by atoms with Gasteiger partial charge in [0, 0.05) is 31.9 Å². The molecule has 1 aromatic heterocycles. The molecule has 0 saturated heterocycles. The second-order valence-corrected chi connectivity index (χ2v) is 5.76. The SMILES string of the molecule is CCNC1CCC(C)(CCc2nccn2C)C1. The number of hydrogen-bond acceptors (Lipinski definition) is 2. The first-order valence-corrected chi connectivity index (χ1v) is 6.82. The highest BCUT2D eigenvalue weighted by atomic mass is 15.0. The van der Waals surface area contributed by atoms with Crippen molar-refractivity contribution < 1.29 is 0 Å². The van der Waals surface area contributed by atoms with Crippen molar-refractivity contribution in [3.63, 3.8) is 0 Å². The van der Waals surface area contributed by atoms with Gasteiger partial charge >= 0.3 is 0 Å². The van der Waals surface area contributed by atoms with Crippen LogP contribution in [0.25, 0.3) is 0 Å². The Bertz CT molecular complexity index is 358. The summed E-state index contributed by atoms with van der Waals surface area (Å²) in [6.07, 6.45) is 10.3. The molecule has 3 heteroatoms. The van der Waals surface area contributed by atoms with Crippen molar-refractivity contribution in [2.75, 3.05) is 6.54 Å². The third-order valence-corrected chi connectivity index (χ3v) is 4.20. The van der Waals surface area contributed by atoms with Crippen LogP contribution in [-0.2, 0) is 13.5 Å². The van der Waals surface area contributed by atoms with E-state index in [9.17, 15) is 0 Å². The lowest BCUT2D eigenvalue weighted by molar-refractivity contribution is 0.295. The van der Waals surface area contributed by atoms with E-state index in [0.717, 1.165) is 19.0 Å². The van der Waals surface area contributed by atoms with Gasteiger partial charge in [-0.2, -0.15) is 0 Å². The van der Waals surface area contributed by atoms with Crippen molar-refractivity contribution in [1.29, 1.82) is 0 Å². The van der Waals surface area contributed by atoms with Crippen LogP contribution in [0, 0.1) is 5.41 Å². The molecule has 1 aliphatic rings. The van der Waals surface area contributed by atoms with Crippen LogP contribution in [0.3, 0.4) is 0 Å². The van der Waals surface area contributed by atoms with Gasteiger partial charge in [0.25, 0.3) is 0 Å². The highest BCUT2D eigenvalue weighted by molar-refractivity contribution is 4.95. The third kappa shape index (κ3) is 3.09. The van der Waals surface area contributed by atoms with E-state index < -0.39 is 0 Å². The molecule has 2 rings (SSSR count). The van der Waals surface area contributed by atoms with Gasteiger partial charge in [-0.15, -0.1) is 0 Å². The Morgan fingerprint density at radius 3 is 3.06 bits per heavy atom. The van der Waals surface area contributed by atoms with Crippen LogP contribution < -0.4 is 5.32 Å². The van der Waals surface area contributed by atoms with E-state index >= 15 is 0 Å². The minimum Gasteiger partial charge on any atom is -0.338 e. The number of hydrogen-bond donors (Lipinski definition) is 1. The molecule has 1 N–H and O–H groups in total. The van der Waals surface area contributed by atoms with Gasteiger partial charge in [0.2, 0.25) is 0 Å². The molecule has 0 bridgehead atoms. The average molecular weight is 235 g/mol. The first-order chi connectivity index (χ1) is 8.13. The zero-order valence-corrected chi connectivity index (χ0v) is 11.4. The van der Waals surface area contributed by atoms with Crippen molar-refractivity contribution >= 4 is 0 Å². The van der Waals surface area contributed by atoms with Crippen LogP contribution in [0.2, 0.25) is 0 Å². The molecule has 1 heterocycles. The topological polar surface area (TPSA) is 29.9 Å². The Balaban J connectivity index is 1.85. The second-order valence-electron chi connectivity index (χ2n) is 5.76. The summed E-state index contributed by atoms with van der Waals surface area (Å²) in [5, 5.41) is 3.58. The van der Waals surface area contributed by atoms with Crippen LogP contribution in [0.1, 0.15) is 45.4 Å². The summed E-state index contributed by atoms with van der Waals surface area (Å²) in [5.41, 5.74) is 0.513. The van der Waals surface area contributed by atoms with Gasteiger partial charge in [0.1, 0.15) is 5.82 Å². The van der Waals surface area contributed by atoms with Crippen LogP contribution in [0.5, 0.6) is 0 Å². The maximum absolute atomic E-state index is 4.41. The van der Waals surface area contributed by atoms with Crippen LogP contribution in [0.15, 0.2) is 12.4 Å². The first-order valence-electron chi connectivity index (χ1n) is 6.82. The molecule has 96 valence electrons. The van der Waals surface area contributed by atoms with Crippen molar-refractivity contribution in [2.24, 2.45) is 12.5 Å². The van der Waals surface area contributed by atoms with E-state index in [1.54, 1.807) is 0 Å². The zero-order valence-electron chi connectivity index (χ0n) is 11.4. The van der Waals surface area contributed by atoms with Gasteiger partial charge in [0.15, 0.2) is 0 Å². The Labute approximate surface area is 105 Å². The largest absolute Gasteiger partial charge is 0.338 e. The van der Waals surface area contributed by atoms with Crippen molar-refractivity contribution in [1.82, 2.24) is 14.9 Å². The summed E-state index contributed by atoms with van der Waals surface area (Å²) in [6.45, 7) is 5.73. The molecular formula is C14H25N3. The summed E-state index contributed by atoms with van der Waals surface area (Å²) in [4.78, 5) is 4.41. The minimum absolute atomic E-state index is 0.513. The summed E-state index contributed by atoms with van der Waals surface area (Å²) >= 11 is 0. The number of nitrogens with zero attached hydrogens (tertiary/aromatic N) is 2. The number of aryl methyl sites for hydroxylation is 2. The molecular weight excluding hydrogens is 210 g/mol. The predicted molar refractivity (Wildman–Crippen MR) is 71.0 cm³/mol. The van der Waals surface area contributed by atoms with Gasteiger partial charge in [-0.1, -0.05) is 13.8 Å². The second kappa shape index (κ2) is 5.21. The highest BCUT2D eigenvalue weighted by Gasteiger charge is 2.34. The molecule has 1 saturated carbocycles. The lowest BCUT2D eigenvalue weighted by atomic mass is 9.83. The molecule has 3 nitrogen and oxygen atoms in total. The Morgan fingerprint density at radius 2 is 2.41 bits per heavy atom. The number of imidazole rings is 1. The lowest BCUT2D eigenvalue weighted by Gasteiger charge is -2.24. The fourth-order valence-corrected chi connectivity index (χ4v) is 3.06. The quantitative estimate of drug-likeness (QED) is 0.850. The smallest absolute Gasteiger partial charge is 0.108 e. The Hall–Kier alpha value is -0.830. The molecule has 0 aromatic carbocycles. The number of aromatic nitrogens is 2. The Kier molecular flexibility index (Phi) is 3.87. The van der Waals surface area contributed by atoms with Gasteiger partial charge in [-0.3, -0.25) is 0 Å². The normalized spacial score (nSPS) is 28.8. The van der Waals surface area contributed by atoms with Gasteiger partial charge in [-0.25, -0.2) is 4.98 Å². The van der Waals surface area contributed by atoms with E-state index in [1.807, 2.05) is 12.4 Å². The molecule has 2 atom stereocenters. The van der Waals surface area contributed by atoms with Gasteiger partial charge in [-0.05, 0) is 37.6 Å². The lowest BCUT2D eigenvalue weighted by Crippen LogP contribution is -2.27. The van der Waals surface area contributed by atoms with Gasteiger partial charge in [0.05, 0.1) is 0 Å². The number of nitrogens with one attached hydrogen (secondary N) is 1. The molecule has 2 unspecified atom stereocenters. The van der Waals surface area contributed by atoms with E-state index in [-0.39, 0.29) is 0 Å². The van der Waals surface area contributed by atoms with E-state index in [0.29, 0.717) is 5.41 Å². The summed E-state index contributed by atoms with van der Waals surface area (Å²) in [5.74, 6) is 1.22.